The maximum atomic E-state index is 13.9. The van der Waals surface area contributed by atoms with Crippen LogP contribution in [0.2, 0.25) is 0 Å². The molecule has 38 heavy (non-hydrogen) atoms. The number of aliphatic hydroxyl groups excluding tert-OH is 3. The van der Waals surface area contributed by atoms with E-state index in [2.05, 4.69) is 10.6 Å². The van der Waals surface area contributed by atoms with Gasteiger partial charge < -0.3 is 41.9 Å². The van der Waals surface area contributed by atoms with Gasteiger partial charge in [0.1, 0.15) is 22.8 Å². The number of Topliss-reactive ketones (excluding diaryl/α,β-unsaturated/α-hetero) is 2. The number of carbonyl (C=O) groups excluding carboxylic acids is 4. The molecule has 1 fully saturated rings. The predicted octanol–water partition coefficient (Wildman–Crippen LogP) is -1.35. The van der Waals surface area contributed by atoms with Crippen LogP contribution in [0.5, 0.6) is 5.75 Å². The van der Waals surface area contributed by atoms with Crippen LogP contribution in [-0.4, -0.2) is 99.2 Å². The van der Waals surface area contributed by atoms with Crippen molar-refractivity contribution >= 4 is 34.8 Å². The van der Waals surface area contributed by atoms with Crippen LogP contribution in [0.3, 0.4) is 0 Å². The molecule has 3 aliphatic carbocycles. The number of ketones is 2. The minimum Gasteiger partial charge on any atom is -0.508 e. The number of hydrogen-bond donors (Lipinski definition) is 8. The van der Waals surface area contributed by atoms with Crippen molar-refractivity contribution in [3.05, 3.63) is 40.2 Å². The number of hydrogen-bond acceptors (Lipinski definition) is 11. The van der Waals surface area contributed by atoms with E-state index in [9.17, 15) is 44.7 Å². The molecule has 204 valence electrons. The number of phenolic OH excluding ortho intramolecular Hbond substituents is 1. The number of nitrogens with zero attached hydrogens (tertiary/aromatic N) is 1. The van der Waals surface area contributed by atoms with Gasteiger partial charge in [-0.15, -0.1) is 0 Å². The van der Waals surface area contributed by atoms with E-state index < -0.39 is 87.3 Å². The molecule has 0 radical (unpaired) electrons. The Labute approximate surface area is 217 Å². The lowest BCUT2D eigenvalue weighted by molar-refractivity contribution is -0.169. The fraction of sp³-hybridized carbons (Fsp3) is 0.440. The molecular weight excluding hydrogens is 500 g/mol. The number of aliphatic hydroxyl groups is 4. The molecule has 0 saturated heterocycles. The van der Waals surface area contributed by atoms with Crippen molar-refractivity contribution in [2.75, 3.05) is 33.0 Å². The average Bonchev–Trinajstić information content (AvgIpc) is 2.82. The van der Waals surface area contributed by atoms with Gasteiger partial charge in [-0.1, -0.05) is 13.0 Å². The van der Waals surface area contributed by atoms with Gasteiger partial charge in [-0.25, -0.2) is 0 Å². The first-order valence-corrected chi connectivity index (χ1v) is 11.8. The number of benzene rings is 1. The van der Waals surface area contributed by atoms with Crippen molar-refractivity contribution < 1.29 is 44.7 Å². The van der Waals surface area contributed by atoms with E-state index in [0.29, 0.717) is 5.56 Å². The quantitative estimate of drug-likeness (QED) is 0.164. The van der Waals surface area contributed by atoms with Crippen LogP contribution < -0.4 is 16.4 Å². The third kappa shape index (κ3) is 3.54. The lowest BCUT2D eigenvalue weighted by Crippen LogP contribution is -2.70. The van der Waals surface area contributed by atoms with Crippen molar-refractivity contribution in [2.24, 2.45) is 17.6 Å². The highest BCUT2D eigenvalue weighted by Gasteiger charge is 2.68. The van der Waals surface area contributed by atoms with Gasteiger partial charge in [-0.3, -0.25) is 24.1 Å². The zero-order valence-corrected chi connectivity index (χ0v) is 21.1. The molecule has 13 heteroatoms. The number of anilines is 1. The minimum atomic E-state index is -2.99. The van der Waals surface area contributed by atoms with Gasteiger partial charge in [0, 0.05) is 11.5 Å². The normalized spacial score (nSPS) is 30.7. The summed E-state index contributed by atoms with van der Waals surface area (Å²) in [6, 6.07) is 1.50. The Kier molecular flexibility index (Phi) is 6.60. The van der Waals surface area contributed by atoms with Crippen LogP contribution >= 0.6 is 0 Å². The fourth-order valence-electron chi connectivity index (χ4n) is 6.07. The Morgan fingerprint density at radius 3 is 2.34 bits per heavy atom. The number of nitrogens with one attached hydrogen (secondary N) is 2. The third-order valence-electron chi connectivity index (χ3n) is 7.74. The number of phenols is 1. The molecule has 1 aromatic rings. The van der Waals surface area contributed by atoms with E-state index in [1.807, 2.05) is 0 Å². The van der Waals surface area contributed by atoms with Gasteiger partial charge in [0.15, 0.2) is 11.4 Å². The molecule has 0 bridgehead atoms. The first-order chi connectivity index (χ1) is 17.7. The summed E-state index contributed by atoms with van der Waals surface area (Å²) in [5.41, 5.74) is 0.889. The topological polar surface area (TPSA) is 223 Å². The van der Waals surface area contributed by atoms with Crippen LogP contribution in [0.1, 0.15) is 24.0 Å². The summed E-state index contributed by atoms with van der Waals surface area (Å²) in [4.78, 5) is 52.5. The number of carbonyl (C=O) groups is 4. The third-order valence-corrected chi connectivity index (χ3v) is 7.74. The molecule has 0 spiro atoms. The summed E-state index contributed by atoms with van der Waals surface area (Å²) in [6.45, 7) is 1.55. The minimum absolute atomic E-state index is 0.0584. The Morgan fingerprint density at radius 2 is 1.79 bits per heavy atom. The van der Waals surface area contributed by atoms with Gasteiger partial charge in [-0.05, 0) is 38.7 Å². The summed E-state index contributed by atoms with van der Waals surface area (Å²) in [5, 5.41) is 61.5. The highest BCUT2D eigenvalue weighted by Crippen LogP contribution is 2.56. The van der Waals surface area contributed by atoms with Crippen LogP contribution in [0.25, 0.3) is 5.76 Å². The molecule has 2 amide bonds. The number of primary amides is 1. The summed E-state index contributed by atoms with van der Waals surface area (Å²) in [6.07, 6.45) is -1.68. The SMILES string of the molecule is CNCC(=O)Nc1ccc2c(c1O)C(O)=C1C(=O)[C@]3(O)C(O)=C(C(N)=O)C(=O)[C@@H](N(C)C)[C@@H]3[C@@H](O)C1[C@H]2C. The molecule has 1 aromatic carbocycles. The average molecular weight is 531 g/mol. The zero-order chi connectivity index (χ0) is 28.4. The van der Waals surface area contributed by atoms with Crippen molar-refractivity contribution in [3.63, 3.8) is 0 Å². The van der Waals surface area contributed by atoms with Crippen LogP contribution in [0.4, 0.5) is 5.69 Å². The Balaban J connectivity index is 1.98. The smallest absolute Gasteiger partial charge is 0.255 e. The Bertz CT molecular complexity index is 1330. The van der Waals surface area contributed by atoms with Crippen molar-refractivity contribution in [1.29, 1.82) is 0 Å². The number of nitrogens with two attached hydrogens (primary N) is 1. The number of likely N-dealkylation sites (N-methyl/N-ethyl adjacent to an activating group) is 2. The van der Waals surface area contributed by atoms with Gasteiger partial charge in [0.25, 0.3) is 5.91 Å². The number of aromatic hydroxyl groups is 1. The van der Waals surface area contributed by atoms with E-state index in [1.165, 1.54) is 31.1 Å². The number of rotatable bonds is 5. The maximum Gasteiger partial charge on any atom is 0.255 e. The van der Waals surface area contributed by atoms with Gasteiger partial charge in [0.05, 0.1) is 35.9 Å². The molecule has 0 aliphatic heterocycles. The number of amides is 2. The summed E-state index contributed by atoms with van der Waals surface area (Å²) >= 11 is 0. The molecule has 9 N–H and O–H groups in total. The molecule has 4 rings (SSSR count). The zero-order valence-electron chi connectivity index (χ0n) is 21.1. The highest BCUT2D eigenvalue weighted by atomic mass is 16.4. The van der Waals surface area contributed by atoms with Gasteiger partial charge in [-0.2, -0.15) is 0 Å². The van der Waals surface area contributed by atoms with Crippen molar-refractivity contribution in [2.45, 2.75) is 30.6 Å². The first-order valence-electron chi connectivity index (χ1n) is 11.8. The molecule has 1 unspecified atom stereocenters. The van der Waals surface area contributed by atoms with E-state index >= 15 is 0 Å². The monoisotopic (exact) mass is 530 g/mol. The Hall–Kier alpha value is -3.78. The number of fused-ring (bicyclic) bond motifs is 3. The standard InChI is InChI=1S/C25H30N4O9/c1-8-9-5-6-10(28-11(30)7-27-2)18(31)13(9)19(32)14-12(8)20(33)16-17(29(3)4)21(34)15(24(26)37)23(36)25(16,38)22(14)35/h5-6,8,12,16-17,20,27,31-33,36,38H,7H2,1-4H3,(H2,26,37)(H,28,30)/t8-,12?,16+,17-,20-,25-/m0/s1. The molecule has 13 nitrogen and oxygen atoms in total. The fourth-order valence-corrected chi connectivity index (χ4v) is 6.07. The van der Waals surface area contributed by atoms with E-state index in [-0.39, 0.29) is 17.8 Å². The lowest BCUT2D eigenvalue weighted by atomic mass is 9.54. The highest BCUT2D eigenvalue weighted by molar-refractivity contribution is 6.24. The van der Waals surface area contributed by atoms with Crippen LogP contribution in [-0.2, 0) is 19.2 Å². The second-order valence-electron chi connectivity index (χ2n) is 10.1. The summed E-state index contributed by atoms with van der Waals surface area (Å²) in [7, 11) is 4.42. The first kappa shape index (κ1) is 27.3. The van der Waals surface area contributed by atoms with E-state index in [1.54, 1.807) is 14.0 Å². The van der Waals surface area contributed by atoms with E-state index in [0.717, 1.165) is 0 Å². The largest absolute Gasteiger partial charge is 0.508 e. The molecule has 1 saturated carbocycles. The predicted molar refractivity (Wildman–Crippen MR) is 133 cm³/mol. The maximum absolute atomic E-state index is 13.9. The van der Waals surface area contributed by atoms with Gasteiger partial charge >= 0.3 is 0 Å². The molecule has 3 aliphatic rings. The lowest BCUT2D eigenvalue weighted by Gasteiger charge is -2.53. The van der Waals surface area contributed by atoms with Crippen LogP contribution in [0, 0.1) is 11.8 Å². The van der Waals surface area contributed by atoms with Crippen molar-refractivity contribution in [3.8, 4) is 5.75 Å². The second kappa shape index (κ2) is 9.20. The van der Waals surface area contributed by atoms with Crippen molar-refractivity contribution in [1.82, 2.24) is 10.2 Å². The summed E-state index contributed by atoms with van der Waals surface area (Å²) in [5.74, 6) is -10.3. The molecule has 0 heterocycles. The summed E-state index contributed by atoms with van der Waals surface area (Å²) < 4.78 is 0. The Morgan fingerprint density at radius 1 is 1.16 bits per heavy atom. The molecule has 0 aromatic heterocycles. The van der Waals surface area contributed by atoms with Crippen LogP contribution in [0.15, 0.2) is 29.0 Å². The molecule has 6 atom stereocenters. The van der Waals surface area contributed by atoms with E-state index in [4.69, 9.17) is 5.73 Å². The van der Waals surface area contributed by atoms with Gasteiger partial charge in [0.2, 0.25) is 11.7 Å². The second-order valence-corrected chi connectivity index (χ2v) is 10.1. The molecular formula is C25H30N4O9.